The van der Waals surface area contributed by atoms with Crippen molar-refractivity contribution in [3.8, 4) is 11.4 Å². The molecule has 5 aromatic rings. The number of halogens is 1. The van der Waals surface area contributed by atoms with Crippen molar-refractivity contribution in [3.63, 3.8) is 0 Å². The highest BCUT2D eigenvalue weighted by Crippen LogP contribution is 2.31. The Morgan fingerprint density at radius 1 is 1.22 bits per heavy atom. The fourth-order valence-corrected chi connectivity index (χ4v) is 5.12. The van der Waals surface area contributed by atoms with E-state index in [2.05, 4.69) is 51.6 Å². The van der Waals surface area contributed by atoms with Gasteiger partial charge in [0, 0.05) is 53.7 Å². The fraction of sp³-hybridized carbons (Fsp3) is 0.333. The topological polar surface area (TPSA) is 93.0 Å². The second kappa shape index (κ2) is 9.31. The van der Waals surface area contributed by atoms with Gasteiger partial charge in [0.2, 0.25) is 5.95 Å². The third kappa shape index (κ3) is 4.09. The van der Waals surface area contributed by atoms with Gasteiger partial charge in [0.1, 0.15) is 5.82 Å². The van der Waals surface area contributed by atoms with Crippen LogP contribution in [0.15, 0.2) is 48.9 Å². The summed E-state index contributed by atoms with van der Waals surface area (Å²) < 4.78 is 21.0. The van der Waals surface area contributed by atoms with Gasteiger partial charge in [-0.2, -0.15) is 14.6 Å². The first-order valence-electron chi connectivity index (χ1n) is 12.3. The van der Waals surface area contributed by atoms with E-state index in [4.69, 9.17) is 14.7 Å². The highest BCUT2D eigenvalue weighted by atomic mass is 19.1. The Morgan fingerprint density at radius 2 is 2.11 bits per heavy atom. The number of aromatic amines is 1. The summed E-state index contributed by atoms with van der Waals surface area (Å²) in [5.41, 5.74) is 6.07. The van der Waals surface area contributed by atoms with Crippen molar-refractivity contribution in [2.24, 2.45) is 0 Å². The van der Waals surface area contributed by atoms with Crippen LogP contribution in [0, 0.1) is 5.82 Å². The first kappa shape index (κ1) is 22.6. The van der Waals surface area contributed by atoms with Crippen molar-refractivity contribution < 1.29 is 9.13 Å². The van der Waals surface area contributed by atoms with Crippen LogP contribution in [0.1, 0.15) is 42.5 Å². The van der Waals surface area contributed by atoms with Crippen molar-refractivity contribution >= 4 is 22.5 Å². The normalized spacial score (nSPS) is 16.4. The Morgan fingerprint density at radius 3 is 2.97 bits per heavy atom. The smallest absolute Gasteiger partial charge is 0.228 e. The monoisotopic (exact) mass is 485 g/mol. The lowest BCUT2D eigenvalue weighted by molar-refractivity contribution is 0.189. The van der Waals surface area contributed by atoms with Gasteiger partial charge in [-0.1, -0.05) is 25.1 Å². The number of H-pyrrole nitrogens is 1. The molecule has 8 nitrogen and oxygen atoms in total. The molecule has 0 aliphatic heterocycles. The Kier molecular flexibility index (Phi) is 5.85. The SMILES string of the molecule is COCC[C@H](C)c1cnn2c(N[C@@H]3CCc4[nH]c5ccccc5c4C3)nc(-c3cncc(F)c3)nc12. The maximum atomic E-state index is 14.0. The molecule has 0 amide bonds. The number of fused-ring (bicyclic) bond motifs is 4. The van der Waals surface area contributed by atoms with Crippen molar-refractivity contribution in [3.05, 3.63) is 71.6 Å². The van der Waals surface area contributed by atoms with E-state index in [1.807, 2.05) is 6.20 Å². The number of para-hydroxylation sites is 1. The van der Waals surface area contributed by atoms with Crippen LogP contribution in [0.25, 0.3) is 27.9 Å². The largest absolute Gasteiger partial charge is 0.385 e. The molecule has 1 aliphatic rings. The number of aryl methyl sites for hydroxylation is 1. The minimum atomic E-state index is -0.424. The first-order valence-corrected chi connectivity index (χ1v) is 12.3. The highest BCUT2D eigenvalue weighted by molar-refractivity contribution is 5.85. The molecule has 184 valence electrons. The van der Waals surface area contributed by atoms with Crippen LogP contribution in [0.2, 0.25) is 0 Å². The van der Waals surface area contributed by atoms with E-state index in [9.17, 15) is 4.39 Å². The molecule has 2 N–H and O–H groups in total. The van der Waals surface area contributed by atoms with E-state index in [0.29, 0.717) is 29.6 Å². The molecule has 4 aromatic heterocycles. The molecule has 0 fully saturated rings. The molecular weight excluding hydrogens is 457 g/mol. The van der Waals surface area contributed by atoms with Gasteiger partial charge < -0.3 is 15.0 Å². The first-order chi connectivity index (χ1) is 17.6. The number of methoxy groups -OCH3 is 1. The van der Waals surface area contributed by atoms with Gasteiger partial charge in [-0.15, -0.1) is 0 Å². The molecule has 36 heavy (non-hydrogen) atoms. The summed E-state index contributed by atoms with van der Waals surface area (Å²) in [5, 5.41) is 9.55. The number of aromatic nitrogens is 6. The van der Waals surface area contributed by atoms with Gasteiger partial charge >= 0.3 is 0 Å². The Hall–Kier alpha value is -3.85. The third-order valence-electron chi connectivity index (χ3n) is 7.07. The van der Waals surface area contributed by atoms with Gasteiger partial charge in [-0.3, -0.25) is 4.98 Å². The van der Waals surface area contributed by atoms with Crippen LogP contribution in [-0.2, 0) is 17.6 Å². The van der Waals surface area contributed by atoms with E-state index < -0.39 is 5.82 Å². The quantitative estimate of drug-likeness (QED) is 0.340. The maximum Gasteiger partial charge on any atom is 0.228 e. The van der Waals surface area contributed by atoms with Crippen LogP contribution < -0.4 is 5.32 Å². The summed E-state index contributed by atoms with van der Waals surface area (Å²) in [7, 11) is 1.70. The van der Waals surface area contributed by atoms with Gasteiger partial charge in [0.25, 0.3) is 0 Å². The molecule has 0 unspecified atom stereocenters. The maximum absolute atomic E-state index is 14.0. The molecule has 0 saturated heterocycles. The zero-order valence-electron chi connectivity index (χ0n) is 20.3. The van der Waals surface area contributed by atoms with Crippen molar-refractivity contribution in [1.29, 1.82) is 0 Å². The zero-order chi connectivity index (χ0) is 24.6. The average Bonchev–Trinajstić information content (AvgIpc) is 3.49. The predicted octanol–water partition coefficient (Wildman–Crippen LogP) is 4.92. The predicted molar refractivity (Wildman–Crippen MR) is 137 cm³/mol. The van der Waals surface area contributed by atoms with Gasteiger partial charge in [0.15, 0.2) is 11.5 Å². The van der Waals surface area contributed by atoms with E-state index >= 15 is 0 Å². The number of nitrogens with zero attached hydrogens (tertiary/aromatic N) is 5. The van der Waals surface area contributed by atoms with Gasteiger partial charge in [-0.25, -0.2) is 9.37 Å². The average molecular weight is 486 g/mol. The lowest BCUT2D eigenvalue weighted by Gasteiger charge is -2.24. The van der Waals surface area contributed by atoms with E-state index in [-0.39, 0.29) is 12.0 Å². The minimum Gasteiger partial charge on any atom is -0.385 e. The van der Waals surface area contributed by atoms with Crippen molar-refractivity contribution in [2.45, 2.75) is 44.6 Å². The number of hydrogen-bond donors (Lipinski definition) is 2. The molecule has 0 radical (unpaired) electrons. The molecule has 0 bridgehead atoms. The molecule has 0 spiro atoms. The van der Waals surface area contributed by atoms with Crippen LogP contribution in [0.5, 0.6) is 0 Å². The Balaban J connectivity index is 1.39. The molecular formula is C27H28FN7O. The summed E-state index contributed by atoms with van der Waals surface area (Å²) in [4.78, 5) is 17.2. The summed E-state index contributed by atoms with van der Waals surface area (Å²) in [6, 6.07) is 10.0. The van der Waals surface area contributed by atoms with Crippen LogP contribution in [-0.4, -0.2) is 49.3 Å². The molecule has 0 saturated carbocycles. The molecule has 9 heteroatoms. The van der Waals surface area contributed by atoms with Crippen LogP contribution >= 0.6 is 0 Å². The molecule has 4 heterocycles. The van der Waals surface area contributed by atoms with Crippen molar-refractivity contribution in [1.82, 2.24) is 29.5 Å². The number of hydrogen-bond acceptors (Lipinski definition) is 6. The summed E-state index contributed by atoms with van der Waals surface area (Å²) in [6.45, 7) is 2.78. The Bertz CT molecular complexity index is 1540. The third-order valence-corrected chi connectivity index (χ3v) is 7.07. The van der Waals surface area contributed by atoms with E-state index in [0.717, 1.165) is 31.2 Å². The minimum absolute atomic E-state index is 0.173. The van der Waals surface area contributed by atoms with Crippen LogP contribution in [0.4, 0.5) is 10.3 Å². The number of anilines is 1. The number of nitrogens with one attached hydrogen (secondary N) is 2. The molecule has 1 aromatic carbocycles. The zero-order valence-corrected chi connectivity index (χ0v) is 20.3. The molecule has 6 rings (SSSR count). The van der Waals surface area contributed by atoms with Gasteiger partial charge in [-0.05, 0) is 49.3 Å². The van der Waals surface area contributed by atoms with Gasteiger partial charge in [0.05, 0.1) is 12.4 Å². The van der Waals surface area contributed by atoms with Crippen molar-refractivity contribution in [2.75, 3.05) is 19.0 Å². The summed E-state index contributed by atoms with van der Waals surface area (Å²) in [5.74, 6) is 0.776. The fourth-order valence-electron chi connectivity index (χ4n) is 5.12. The summed E-state index contributed by atoms with van der Waals surface area (Å²) >= 11 is 0. The van der Waals surface area contributed by atoms with Crippen LogP contribution in [0.3, 0.4) is 0 Å². The number of pyridine rings is 1. The molecule has 1 aliphatic carbocycles. The number of benzene rings is 1. The molecule has 2 atom stereocenters. The van der Waals surface area contributed by atoms with E-state index in [1.165, 1.54) is 34.4 Å². The highest BCUT2D eigenvalue weighted by Gasteiger charge is 2.25. The Labute approximate surface area is 208 Å². The summed E-state index contributed by atoms with van der Waals surface area (Å²) in [6.07, 6.45) is 8.24. The standard InChI is InChI=1S/C27H28FN7O/c1-16(9-10-36-2)22-15-30-35-26(22)33-25(17-11-18(28)14-29-13-17)34-27(35)31-19-7-8-24-21(12-19)20-5-3-4-6-23(20)32-24/h3-6,11,13-16,19,32H,7-10,12H2,1-2H3,(H,31,33,34)/t16-,19+/m0/s1. The number of ether oxygens (including phenoxy) is 1. The lowest BCUT2D eigenvalue weighted by atomic mass is 9.91. The number of rotatable bonds is 7. The lowest BCUT2D eigenvalue weighted by Crippen LogP contribution is -2.29. The second-order valence-corrected chi connectivity index (χ2v) is 9.49. The second-order valence-electron chi connectivity index (χ2n) is 9.49. The van der Waals surface area contributed by atoms with E-state index in [1.54, 1.807) is 17.8 Å².